The Bertz CT molecular complexity index is 721. The minimum absolute atomic E-state index is 0.0862. The van der Waals surface area contributed by atoms with E-state index in [-0.39, 0.29) is 18.4 Å². The molecule has 0 aliphatic heterocycles. The van der Waals surface area contributed by atoms with Gasteiger partial charge in [0.25, 0.3) is 11.8 Å². The molecule has 2 aromatic carbocycles. The molecule has 2 rings (SSSR count). The summed E-state index contributed by atoms with van der Waals surface area (Å²) in [5, 5.41) is 5.47. The Labute approximate surface area is 142 Å². The quantitative estimate of drug-likeness (QED) is 0.857. The summed E-state index contributed by atoms with van der Waals surface area (Å²) in [5.74, 6) is 0.287. The van der Waals surface area contributed by atoms with E-state index in [4.69, 9.17) is 4.74 Å². The van der Waals surface area contributed by atoms with Gasteiger partial charge in [-0.05, 0) is 50.1 Å². The fourth-order valence-electron chi connectivity index (χ4n) is 2.36. The Morgan fingerprint density at radius 1 is 1.04 bits per heavy atom. The van der Waals surface area contributed by atoms with Crippen molar-refractivity contribution >= 4 is 17.5 Å². The predicted molar refractivity (Wildman–Crippen MR) is 94.5 cm³/mol. The van der Waals surface area contributed by atoms with Crippen LogP contribution < -0.4 is 15.4 Å². The summed E-state index contributed by atoms with van der Waals surface area (Å²) in [4.78, 5) is 23.9. The van der Waals surface area contributed by atoms with E-state index in [1.807, 2.05) is 39.0 Å². The van der Waals surface area contributed by atoms with Gasteiger partial charge in [0, 0.05) is 17.8 Å². The van der Waals surface area contributed by atoms with E-state index in [9.17, 15) is 9.59 Å². The molecule has 0 aliphatic rings. The van der Waals surface area contributed by atoms with Crippen LogP contribution in [0.1, 0.15) is 28.4 Å². The van der Waals surface area contributed by atoms with Gasteiger partial charge in [0.15, 0.2) is 6.61 Å². The van der Waals surface area contributed by atoms with Gasteiger partial charge in [-0.15, -0.1) is 0 Å². The second-order valence-electron chi connectivity index (χ2n) is 5.50. The zero-order chi connectivity index (χ0) is 17.5. The minimum atomic E-state index is -0.272. The van der Waals surface area contributed by atoms with Crippen LogP contribution in [0.2, 0.25) is 0 Å². The maximum atomic E-state index is 12.1. The van der Waals surface area contributed by atoms with Crippen molar-refractivity contribution in [3.05, 3.63) is 59.2 Å². The average Bonchev–Trinajstić information content (AvgIpc) is 2.55. The number of anilines is 1. The first-order valence-corrected chi connectivity index (χ1v) is 7.88. The van der Waals surface area contributed by atoms with Crippen LogP contribution in [-0.2, 0) is 4.79 Å². The fourth-order valence-corrected chi connectivity index (χ4v) is 2.36. The van der Waals surface area contributed by atoms with Crippen molar-refractivity contribution in [2.24, 2.45) is 0 Å². The first-order chi connectivity index (χ1) is 11.5. The average molecular weight is 326 g/mol. The Kier molecular flexibility index (Phi) is 5.95. The summed E-state index contributed by atoms with van der Waals surface area (Å²) < 4.78 is 5.63. The molecule has 0 saturated carbocycles. The zero-order valence-corrected chi connectivity index (χ0v) is 14.2. The number of rotatable bonds is 6. The summed E-state index contributed by atoms with van der Waals surface area (Å²) in [6.45, 7) is 6.21. The number of benzene rings is 2. The number of aryl methyl sites for hydroxylation is 2. The van der Waals surface area contributed by atoms with Crippen molar-refractivity contribution in [1.29, 1.82) is 0 Å². The van der Waals surface area contributed by atoms with Gasteiger partial charge >= 0.3 is 0 Å². The molecule has 0 spiro atoms. The topological polar surface area (TPSA) is 67.4 Å². The molecule has 0 atom stereocenters. The van der Waals surface area contributed by atoms with Crippen LogP contribution in [0, 0.1) is 13.8 Å². The number of carbonyl (C=O) groups excluding carboxylic acids is 2. The van der Waals surface area contributed by atoms with Crippen molar-refractivity contribution in [2.45, 2.75) is 20.8 Å². The smallest absolute Gasteiger partial charge is 0.262 e. The van der Waals surface area contributed by atoms with Crippen LogP contribution in [0.25, 0.3) is 0 Å². The third-order valence-electron chi connectivity index (χ3n) is 3.50. The Hall–Kier alpha value is -2.82. The second-order valence-corrected chi connectivity index (χ2v) is 5.50. The van der Waals surface area contributed by atoms with E-state index >= 15 is 0 Å². The molecule has 0 fully saturated rings. The van der Waals surface area contributed by atoms with E-state index in [2.05, 4.69) is 10.6 Å². The largest absolute Gasteiger partial charge is 0.483 e. The number of amides is 2. The molecule has 5 nitrogen and oxygen atoms in total. The maximum absolute atomic E-state index is 12.1. The van der Waals surface area contributed by atoms with Crippen molar-refractivity contribution in [1.82, 2.24) is 5.32 Å². The zero-order valence-electron chi connectivity index (χ0n) is 14.2. The lowest BCUT2D eigenvalue weighted by atomic mass is 10.1. The molecule has 5 heteroatoms. The number of hydrogen-bond donors (Lipinski definition) is 2. The molecule has 0 unspecified atom stereocenters. The lowest BCUT2D eigenvalue weighted by molar-refractivity contribution is -0.118. The van der Waals surface area contributed by atoms with E-state index in [0.717, 1.165) is 16.9 Å². The summed E-state index contributed by atoms with van der Waals surface area (Å²) >= 11 is 0. The monoisotopic (exact) mass is 326 g/mol. The molecular weight excluding hydrogens is 304 g/mol. The normalized spacial score (nSPS) is 10.1. The molecular formula is C19H22N2O3. The van der Waals surface area contributed by atoms with Crippen molar-refractivity contribution in [2.75, 3.05) is 18.5 Å². The molecule has 0 saturated heterocycles. The van der Waals surface area contributed by atoms with E-state index in [1.54, 1.807) is 24.3 Å². The van der Waals surface area contributed by atoms with Gasteiger partial charge < -0.3 is 15.4 Å². The van der Waals surface area contributed by atoms with Gasteiger partial charge in [0.05, 0.1) is 0 Å². The number of hydrogen-bond acceptors (Lipinski definition) is 3. The third kappa shape index (κ3) is 4.59. The Balaban J connectivity index is 1.97. The second kappa shape index (κ2) is 8.15. The third-order valence-corrected chi connectivity index (χ3v) is 3.50. The van der Waals surface area contributed by atoms with E-state index < -0.39 is 0 Å². The first-order valence-electron chi connectivity index (χ1n) is 7.88. The van der Waals surface area contributed by atoms with Gasteiger partial charge in [-0.2, -0.15) is 0 Å². The number of para-hydroxylation sites is 1. The van der Waals surface area contributed by atoms with Crippen LogP contribution in [-0.4, -0.2) is 25.0 Å². The molecule has 0 radical (unpaired) electrons. The highest BCUT2D eigenvalue weighted by Gasteiger charge is 2.09. The molecule has 0 aromatic heterocycles. The molecule has 2 amide bonds. The summed E-state index contributed by atoms with van der Waals surface area (Å²) in [5.41, 5.74) is 3.04. The highest BCUT2D eigenvalue weighted by Crippen LogP contribution is 2.22. The lowest BCUT2D eigenvalue weighted by Crippen LogP contribution is -2.23. The first kappa shape index (κ1) is 17.5. The predicted octanol–water partition coefficient (Wildman–Crippen LogP) is 3.07. The number of nitrogens with one attached hydrogen (secondary N) is 2. The van der Waals surface area contributed by atoms with Crippen molar-refractivity contribution < 1.29 is 14.3 Å². The molecule has 2 aromatic rings. The number of ether oxygens (including phenoxy) is 1. The summed E-state index contributed by atoms with van der Waals surface area (Å²) in [7, 11) is 0. The number of carbonyl (C=O) groups is 2. The standard InChI is InChI=1S/C19H22N2O3/c1-4-20-19(23)15-9-6-10-16(11-15)21-17(22)12-24-18-13(2)7-5-8-14(18)3/h5-11H,4,12H2,1-3H3,(H,20,23)(H,21,22). The van der Waals surface area contributed by atoms with Crippen molar-refractivity contribution in [3.8, 4) is 5.75 Å². The van der Waals surface area contributed by atoms with Crippen LogP contribution in [0.3, 0.4) is 0 Å². The SMILES string of the molecule is CCNC(=O)c1cccc(NC(=O)COc2c(C)cccc2C)c1. The van der Waals surface area contributed by atoms with Gasteiger partial charge in [-0.3, -0.25) is 9.59 Å². The van der Waals surface area contributed by atoms with Gasteiger partial charge in [-0.25, -0.2) is 0 Å². The van der Waals surface area contributed by atoms with Gasteiger partial charge in [0.2, 0.25) is 0 Å². The van der Waals surface area contributed by atoms with Crippen LogP contribution in [0.15, 0.2) is 42.5 Å². The van der Waals surface area contributed by atoms with Gasteiger partial charge in [-0.1, -0.05) is 24.3 Å². The highest BCUT2D eigenvalue weighted by molar-refractivity contribution is 5.97. The fraction of sp³-hybridized carbons (Fsp3) is 0.263. The maximum Gasteiger partial charge on any atom is 0.262 e. The van der Waals surface area contributed by atoms with E-state index in [0.29, 0.717) is 17.8 Å². The summed E-state index contributed by atoms with van der Waals surface area (Å²) in [6, 6.07) is 12.6. The Morgan fingerprint density at radius 2 is 1.71 bits per heavy atom. The molecule has 0 bridgehead atoms. The lowest BCUT2D eigenvalue weighted by Gasteiger charge is -2.12. The molecule has 0 aliphatic carbocycles. The van der Waals surface area contributed by atoms with E-state index in [1.165, 1.54) is 0 Å². The minimum Gasteiger partial charge on any atom is -0.483 e. The molecule has 2 N–H and O–H groups in total. The van der Waals surface area contributed by atoms with Crippen LogP contribution in [0.5, 0.6) is 5.75 Å². The summed E-state index contributed by atoms with van der Waals surface area (Å²) in [6.07, 6.45) is 0. The van der Waals surface area contributed by atoms with Gasteiger partial charge in [0.1, 0.15) is 5.75 Å². The van der Waals surface area contributed by atoms with Crippen molar-refractivity contribution in [3.63, 3.8) is 0 Å². The molecule has 126 valence electrons. The Morgan fingerprint density at radius 3 is 2.38 bits per heavy atom. The van der Waals surface area contributed by atoms with Crippen LogP contribution >= 0.6 is 0 Å². The molecule has 24 heavy (non-hydrogen) atoms. The highest BCUT2D eigenvalue weighted by atomic mass is 16.5. The molecule has 0 heterocycles. The van der Waals surface area contributed by atoms with Crippen LogP contribution in [0.4, 0.5) is 5.69 Å².